The summed E-state index contributed by atoms with van der Waals surface area (Å²) in [6.45, 7) is 4.76. The highest BCUT2D eigenvalue weighted by Gasteiger charge is 2.42. The lowest BCUT2D eigenvalue weighted by molar-refractivity contribution is 0.406. The van der Waals surface area contributed by atoms with Crippen LogP contribution in [0.15, 0.2) is 199 Å². The molecule has 0 bridgehead atoms. The van der Waals surface area contributed by atoms with Gasteiger partial charge in [0.25, 0.3) is 0 Å². The van der Waals surface area contributed by atoms with Gasteiger partial charge in [0.15, 0.2) is 0 Å². The Morgan fingerprint density at radius 1 is 0.448 bits per heavy atom. The summed E-state index contributed by atoms with van der Waals surface area (Å²) in [7, 11) is 0. The first kappa shape index (κ1) is 34.3. The fourth-order valence-electron chi connectivity index (χ4n) is 9.50. The lowest BCUT2D eigenvalue weighted by Gasteiger charge is -2.38. The van der Waals surface area contributed by atoms with Crippen molar-refractivity contribution in [3.05, 3.63) is 216 Å². The van der Waals surface area contributed by atoms with E-state index in [1.54, 1.807) is 0 Å². The lowest BCUT2D eigenvalue weighted by atomic mass is 9.77. The third-order valence-electron chi connectivity index (χ3n) is 12.3. The number of benzene rings is 8. The van der Waals surface area contributed by atoms with E-state index in [0.717, 1.165) is 28.5 Å². The number of nitrogens with one attached hydrogen (secondary N) is 2. The van der Waals surface area contributed by atoms with Gasteiger partial charge in [0, 0.05) is 16.5 Å². The molecule has 0 aromatic heterocycles. The largest absolute Gasteiger partial charge is 0.336 e. The fraction of sp³-hybridized carbons (Fsp3) is 0.0926. The molecule has 0 spiro atoms. The van der Waals surface area contributed by atoms with E-state index in [1.165, 1.54) is 66.8 Å². The maximum atomic E-state index is 5.61. The maximum Gasteiger partial charge on any atom is 0.206 e. The Kier molecular flexibility index (Phi) is 8.02. The zero-order chi connectivity index (χ0) is 38.8. The van der Waals surface area contributed by atoms with Gasteiger partial charge in [-0.15, -0.1) is 0 Å². The Balaban J connectivity index is 1.11. The normalized spacial score (nSPS) is 17.1. The van der Waals surface area contributed by atoms with Crippen LogP contribution in [-0.2, 0) is 5.41 Å². The summed E-state index contributed by atoms with van der Waals surface area (Å²) in [5.74, 6) is 0.794. The summed E-state index contributed by atoms with van der Waals surface area (Å²) in [5, 5.41) is 7.84. The molecule has 278 valence electrons. The van der Waals surface area contributed by atoms with E-state index < -0.39 is 0 Å². The average Bonchev–Trinajstić information content (AvgIpc) is 3.44. The molecule has 0 radical (unpaired) electrons. The third-order valence-corrected chi connectivity index (χ3v) is 12.3. The number of fused-ring (bicyclic) bond motifs is 9. The van der Waals surface area contributed by atoms with E-state index in [4.69, 9.17) is 4.99 Å². The van der Waals surface area contributed by atoms with Crippen molar-refractivity contribution in [3.63, 3.8) is 0 Å². The van der Waals surface area contributed by atoms with Gasteiger partial charge in [0.05, 0.1) is 11.4 Å². The number of hydrogen-bond acceptors (Lipinski definition) is 4. The van der Waals surface area contributed by atoms with Gasteiger partial charge in [-0.1, -0.05) is 196 Å². The lowest BCUT2D eigenvalue weighted by Crippen LogP contribution is -2.50. The molecule has 58 heavy (non-hydrogen) atoms. The van der Waals surface area contributed by atoms with E-state index in [2.05, 4.69) is 224 Å². The van der Waals surface area contributed by atoms with Crippen LogP contribution in [-0.4, -0.2) is 5.96 Å². The molecule has 4 nitrogen and oxygen atoms in total. The minimum absolute atomic E-state index is 0.220. The van der Waals surface area contributed by atoms with Gasteiger partial charge in [-0.3, -0.25) is 10.2 Å². The number of anilines is 2. The number of para-hydroxylation sites is 1. The van der Waals surface area contributed by atoms with Gasteiger partial charge in [0.1, 0.15) is 12.3 Å². The molecule has 0 saturated heterocycles. The first-order valence-corrected chi connectivity index (χ1v) is 20.2. The van der Waals surface area contributed by atoms with Crippen LogP contribution >= 0.6 is 0 Å². The molecule has 2 N–H and O–H groups in total. The van der Waals surface area contributed by atoms with Crippen LogP contribution in [0.25, 0.3) is 55.6 Å². The van der Waals surface area contributed by atoms with Gasteiger partial charge in [-0.2, -0.15) is 0 Å². The standard InChI is InChI=1S/C54H42N4/c1-54(2)46-23-13-11-20-42(46)45-33-34-48-49(50(45)54)44-22-10-9-19-41(44)43-21-12-14-24-47(43)58(48)53-56-51(39-29-25-37(26-30-39)35-15-5-3-6-16-35)55-52(57-53)40-31-27-38(28-32-40)36-17-7-4-8-18-36/h3-34,51-52,55H,1-2H3,(H,56,57). The Hall–Kier alpha value is -7.01. The van der Waals surface area contributed by atoms with Gasteiger partial charge >= 0.3 is 0 Å². The molecule has 2 heterocycles. The molecule has 8 aromatic carbocycles. The fourth-order valence-corrected chi connectivity index (χ4v) is 9.50. The van der Waals surface area contributed by atoms with Crippen LogP contribution < -0.4 is 15.5 Å². The van der Waals surface area contributed by atoms with E-state index in [9.17, 15) is 0 Å². The molecule has 0 amide bonds. The first-order chi connectivity index (χ1) is 28.5. The Labute approximate surface area is 340 Å². The highest BCUT2D eigenvalue weighted by molar-refractivity contribution is 6.14. The van der Waals surface area contributed by atoms with Crippen LogP contribution in [0, 0.1) is 0 Å². The van der Waals surface area contributed by atoms with E-state index in [0.29, 0.717) is 0 Å². The van der Waals surface area contributed by atoms with Crippen molar-refractivity contribution in [1.29, 1.82) is 0 Å². The van der Waals surface area contributed by atoms with Gasteiger partial charge in [-0.25, -0.2) is 4.99 Å². The molecule has 1 aliphatic carbocycles. The van der Waals surface area contributed by atoms with Crippen molar-refractivity contribution in [3.8, 4) is 55.6 Å². The maximum absolute atomic E-state index is 5.61. The minimum atomic E-state index is -0.323. The number of guanidine groups is 1. The van der Waals surface area contributed by atoms with E-state index >= 15 is 0 Å². The second-order valence-electron chi connectivity index (χ2n) is 16.0. The van der Waals surface area contributed by atoms with Crippen molar-refractivity contribution < 1.29 is 0 Å². The quantitative estimate of drug-likeness (QED) is 0.188. The first-order valence-electron chi connectivity index (χ1n) is 20.2. The molecular formula is C54H42N4. The van der Waals surface area contributed by atoms with Gasteiger partial charge in [0.2, 0.25) is 5.96 Å². The summed E-state index contributed by atoms with van der Waals surface area (Å²) in [6, 6.07) is 70.2. The van der Waals surface area contributed by atoms with E-state index in [1.807, 2.05) is 0 Å². The number of rotatable bonds is 4. The Morgan fingerprint density at radius 2 is 0.983 bits per heavy atom. The average molecular weight is 747 g/mol. The molecule has 2 unspecified atom stereocenters. The van der Waals surface area contributed by atoms with Crippen LogP contribution in [0.1, 0.15) is 48.4 Å². The molecule has 8 aromatic rings. The summed E-state index contributed by atoms with van der Waals surface area (Å²) >= 11 is 0. The predicted octanol–water partition coefficient (Wildman–Crippen LogP) is 13.1. The molecule has 0 fully saturated rings. The minimum Gasteiger partial charge on any atom is -0.336 e. The van der Waals surface area contributed by atoms with Crippen LogP contribution in [0.4, 0.5) is 11.4 Å². The zero-order valence-corrected chi connectivity index (χ0v) is 32.5. The Bertz CT molecular complexity index is 2860. The summed E-state index contributed by atoms with van der Waals surface area (Å²) in [4.78, 5) is 8.00. The SMILES string of the molecule is CC1(C)c2ccccc2-c2ccc3c(c21)-c1ccccc1-c1ccccc1N3C1=NC(c2ccc(-c3ccccc3)cc2)NC(c2ccc(-c3ccccc3)cc2)N1. The third kappa shape index (κ3) is 5.52. The predicted molar refractivity (Wildman–Crippen MR) is 240 cm³/mol. The molecule has 0 saturated carbocycles. The second-order valence-corrected chi connectivity index (χ2v) is 16.0. The van der Waals surface area contributed by atoms with Crippen LogP contribution in [0.3, 0.4) is 0 Å². The van der Waals surface area contributed by atoms with Gasteiger partial charge < -0.3 is 5.32 Å². The van der Waals surface area contributed by atoms with Crippen molar-refractivity contribution in [2.45, 2.75) is 31.6 Å². The topological polar surface area (TPSA) is 39.7 Å². The monoisotopic (exact) mass is 746 g/mol. The van der Waals surface area contributed by atoms with Crippen LogP contribution in [0.5, 0.6) is 0 Å². The number of aliphatic imine (C=N–C) groups is 1. The molecule has 2 atom stereocenters. The molecular weight excluding hydrogens is 705 g/mol. The van der Waals surface area contributed by atoms with Crippen molar-refractivity contribution in [1.82, 2.24) is 10.6 Å². The number of nitrogens with zero attached hydrogens (tertiary/aromatic N) is 2. The molecule has 3 aliphatic rings. The van der Waals surface area contributed by atoms with Crippen molar-refractivity contribution in [2.75, 3.05) is 4.90 Å². The highest BCUT2D eigenvalue weighted by Crippen LogP contribution is 2.58. The smallest absolute Gasteiger partial charge is 0.206 e. The zero-order valence-electron chi connectivity index (χ0n) is 32.5. The van der Waals surface area contributed by atoms with Gasteiger partial charge in [-0.05, 0) is 78.9 Å². The summed E-state index contributed by atoms with van der Waals surface area (Å²) < 4.78 is 0. The van der Waals surface area contributed by atoms with Crippen molar-refractivity contribution in [2.24, 2.45) is 4.99 Å². The second kappa shape index (κ2) is 13.6. The van der Waals surface area contributed by atoms with E-state index in [-0.39, 0.29) is 17.7 Å². The van der Waals surface area contributed by atoms with Crippen LogP contribution in [0.2, 0.25) is 0 Å². The molecule has 11 rings (SSSR count). The number of hydrogen-bond donors (Lipinski definition) is 2. The summed E-state index contributed by atoms with van der Waals surface area (Å²) in [6.07, 6.45) is -0.552. The Morgan fingerprint density at radius 3 is 1.66 bits per heavy atom. The molecule has 4 heteroatoms. The van der Waals surface area contributed by atoms with Crippen molar-refractivity contribution >= 4 is 17.3 Å². The summed E-state index contributed by atoms with van der Waals surface area (Å²) in [5.41, 5.74) is 19.2. The molecule has 2 aliphatic heterocycles. The highest BCUT2D eigenvalue weighted by atomic mass is 15.4.